The van der Waals surface area contributed by atoms with Crippen molar-refractivity contribution in [1.82, 2.24) is 9.97 Å². The van der Waals surface area contributed by atoms with Crippen LogP contribution in [0.15, 0.2) is 60.8 Å². The third-order valence-corrected chi connectivity index (χ3v) is 7.80. The molecule has 4 bridgehead atoms. The van der Waals surface area contributed by atoms with Crippen LogP contribution in [-0.2, 0) is 11.8 Å². The maximum absolute atomic E-state index is 10.3. The molecule has 3 heteroatoms. The van der Waals surface area contributed by atoms with Crippen molar-refractivity contribution in [3.05, 3.63) is 77.7 Å². The predicted molar refractivity (Wildman–Crippen MR) is 118 cm³/mol. The Kier molecular flexibility index (Phi) is 4.19. The van der Waals surface area contributed by atoms with Crippen molar-refractivity contribution in [3.8, 4) is 17.0 Å². The molecule has 4 saturated carbocycles. The average molecular weight is 397 g/mol. The molecule has 1 aromatic heterocycles. The van der Waals surface area contributed by atoms with Gasteiger partial charge in [-0.3, -0.25) is 0 Å². The maximum Gasteiger partial charge on any atom is 0.135 e. The van der Waals surface area contributed by atoms with Gasteiger partial charge in [0.1, 0.15) is 11.6 Å². The molecule has 0 atom stereocenters. The van der Waals surface area contributed by atoms with Crippen LogP contribution in [0.1, 0.15) is 55.5 Å². The van der Waals surface area contributed by atoms with Gasteiger partial charge in [0, 0.05) is 29.2 Å². The summed E-state index contributed by atoms with van der Waals surface area (Å²) in [5.41, 5.74) is 4.35. The highest BCUT2D eigenvalue weighted by Gasteiger charge is 2.53. The summed E-state index contributed by atoms with van der Waals surface area (Å²) >= 11 is 0. The summed E-state index contributed by atoms with van der Waals surface area (Å²) in [6.45, 7) is 0. The van der Waals surface area contributed by atoms with E-state index in [9.17, 15) is 5.11 Å². The fraction of sp³-hybridized carbons (Fsp3) is 0.407. The molecule has 3 nitrogen and oxygen atoms in total. The van der Waals surface area contributed by atoms with E-state index in [2.05, 4.69) is 24.3 Å². The highest BCUT2D eigenvalue weighted by molar-refractivity contribution is 5.63. The summed E-state index contributed by atoms with van der Waals surface area (Å²) in [5.74, 6) is 4.03. The Morgan fingerprint density at radius 3 is 2.10 bits per heavy atom. The van der Waals surface area contributed by atoms with E-state index in [1.807, 2.05) is 30.5 Å². The van der Waals surface area contributed by atoms with Crippen molar-refractivity contribution < 1.29 is 5.11 Å². The van der Waals surface area contributed by atoms with Crippen molar-refractivity contribution in [2.45, 2.75) is 50.4 Å². The molecule has 0 saturated heterocycles. The number of phenols is 1. The van der Waals surface area contributed by atoms with Crippen molar-refractivity contribution in [3.63, 3.8) is 0 Å². The molecule has 0 unspecified atom stereocenters. The van der Waals surface area contributed by atoms with Gasteiger partial charge in [-0.2, -0.15) is 0 Å². The van der Waals surface area contributed by atoms with Crippen LogP contribution < -0.4 is 0 Å². The highest BCUT2D eigenvalue weighted by atomic mass is 16.3. The van der Waals surface area contributed by atoms with Gasteiger partial charge < -0.3 is 5.11 Å². The predicted octanol–water partition coefficient (Wildman–Crippen LogP) is 5.91. The Bertz CT molecular complexity index is 1040. The topological polar surface area (TPSA) is 46.0 Å². The maximum atomic E-state index is 10.3. The number of rotatable bonds is 4. The van der Waals surface area contributed by atoms with Crippen LogP contribution in [-0.4, -0.2) is 15.1 Å². The molecular formula is C27H28N2O. The third kappa shape index (κ3) is 3.03. The van der Waals surface area contributed by atoms with Gasteiger partial charge in [0.15, 0.2) is 0 Å². The van der Waals surface area contributed by atoms with Crippen molar-refractivity contribution in [2.24, 2.45) is 17.8 Å². The first-order valence-corrected chi connectivity index (χ1v) is 11.4. The zero-order valence-corrected chi connectivity index (χ0v) is 17.3. The van der Waals surface area contributed by atoms with E-state index in [-0.39, 0.29) is 5.41 Å². The zero-order chi connectivity index (χ0) is 20.1. The zero-order valence-electron chi connectivity index (χ0n) is 17.3. The van der Waals surface area contributed by atoms with E-state index in [4.69, 9.17) is 9.97 Å². The number of hydrogen-bond donors (Lipinski definition) is 1. The van der Waals surface area contributed by atoms with Crippen molar-refractivity contribution in [2.75, 3.05) is 0 Å². The van der Waals surface area contributed by atoms with Gasteiger partial charge in [-0.25, -0.2) is 9.97 Å². The molecule has 0 spiro atoms. The summed E-state index contributed by atoms with van der Waals surface area (Å²) in [5, 5.41) is 10.3. The molecule has 0 radical (unpaired) electrons. The Morgan fingerprint density at radius 1 is 0.800 bits per heavy atom. The number of para-hydroxylation sites is 1. The van der Waals surface area contributed by atoms with E-state index < -0.39 is 0 Å². The lowest BCUT2D eigenvalue weighted by Gasteiger charge is -2.56. The summed E-state index contributed by atoms with van der Waals surface area (Å²) in [6.07, 6.45) is 10.8. The van der Waals surface area contributed by atoms with E-state index in [1.165, 1.54) is 38.5 Å². The van der Waals surface area contributed by atoms with Crippen molar-refractivity contribution >= 4 is 0 Å². The fourth-order valence-electron chi connectivity index (χ4n) is 6.89. The Labute approximate surface area is 178 Å². The molecule has 4 aliphatic carbocycles. The fourth-order valence-corrected chi connectivity index (χ4v) is 6.89. The lowest BCUT2D eigenvalue weighted by atomic mass is 9.49. The molecule has 1 N–H and O–H groups in total. The summed E-state index contributed by atoms with van der Waals surface area (Å²) in [6, 6.07) is 18.1. The molecule has 4 fully saturated rings. The van der Waals surface area contributed by atoms with Crippen LogP contribution in [0.3, 0.4) is 0 Å². The summed E-state index contributed by atoms with van der Waals surface area (Å²) in [7, 11) is 0. The molecule has 2 aromatic carbocycles. The van der Waals surface area contributed by atoms with E-state index >= 15 is 0 Å². The van der Waals surface area contributed by atoms with Crippen LogP contribution in [0.5, 0.6) is 5.75 Å². The minimum absolute atomic E-state index is 0.186. The largest absolute Gasteiger partial charge is 0.508 e. The number of aromatic hydroxyl groups is 1. The lowest BCUT2D eigenvalue weighted by molar-refractivity contribution is -0.00936. The second-order valence-corrected chi connectivity index (χ2v) is 9.94. The van der Waals surface area contributed by atoms with E-state index in [0.717, 1.165) is 46.0 Å². The van der Waals surface area contributed by atoms with Gasteiger partial charge in [-0.15, -0.1) is 0 Å². The minimum atomic E-state index is 0.186. The second-order valence-electron chi connectivity index (χ2n) is 9.94. The number of benzene rings is 2. The number of nitrogens with zero attached hydrogens (tertiary/aromatic N) is 2. The standard InChI is InChI=1S/C27H28N2O/c30-24-9-5-4-8-22(24)13-23-17-28-26(29-25(23)21-6-2-1-3-7-21)27-14-18-10-19(15-27)12-20(11-18)16-27/h1-9,17-20,30H,10-16H2. The van der Waals surface area contributed by atoms with Gasteiger partial charge in [0.25, 0.3) is 0 Å². The molecule has 7 rings (SSSR count). The van der Waals surface area contributed by atoms with Crippen LogP contribution in [0.4, 0.5) is 0 Å². The van der Waals surface area contributed by atoms with E-state index in [1.54, 1.807) is 6.07 Å². The van der Waals surface area contributed by atoms with Crippen LogP contribution in [0.25, 0.3) is 11.3 Å². The molecule has 3 aromatic rings. The molecule has 4 aliphatic rings. The number of hydrogen-bond acceptors (Lipinski definition) is 3. The van der Waals surface area contributed by atoms with Gasteiger partial charge >= 0.3 is 0 Å². The Balaban J connectivity index is 1.44. The monoisotopic (exact) mass is 396 g/mol. The van der Waals surface area contributed by atoms with Crippen LogP contribution in [0, 0.1) is 17.8 Å². The van der Waals surface area contributed by atoms with Crippen LogP contribution >= 0.6 is 0 Å². The Morgan fingerprint density at radius 2 is 1.43 bits per heavy atom. The number of phenolic OH excluding ortho intramolecular Hbond substituents is 1. The second kappa shape index (κ2) is 6.94. The highest BCUT2D eigenvalue weighted by Crippen LogP contribution is 2.60. The first kappa shape index (κ1) is 18.1. The summed E-state index contributed by atoms with van der Waals surface area (Å²) < 4.78 is 0. The lowest BCUT2D eigenvalue weighted by Crippen LogP contribution is -2.49. The van der Waals surface area contributed by atoms with Gasteiger partial charge in [-0.05, 0) is 67.9 Å². The molecule has 152 valence electrons. The van der Waals surface area contributed by atoms with E-state index in [0.29, 0.717) is 12.2 Å². The average Bonchev–Trinajstić information content (AvgIpc) is 2.75. The first-order chi connectivity index (χ1) is 14.7. The van der Waals surface area contributed by atoms with Crippen LogP contribution in [0.2, 0.25) is 0 Å². The van der Waals surface area contributed by atoms with Gasteiger partial charge in [0.05, 0.1) is 5.69 Å². The Hall–Kier alpha value is -2.68. The summed E-state index contributed by atoms with van der Waals surface area (Å²) in [4.78, 5) is 10.3. The molecule has 0 amide bonds. The molecule has 30 heavy (non-hydrogen) atoms. The number of aromatic nitrogens is 2. The van der Waals surface area contributed by atoms with Gasteiger partial charge in [0.2, 0.25) is 0 Å². The normalized spacial score (nSPS) is 29.3. The molecular weight excluding hydrogens is 368 g/mol. The quantitative estimate of drug-likeness (QED) is 0.596. The third-order valence-electron chi connectivity index (χ3n) is 7.80. The smallest absolute Gasteiger partial charge is 0.135 e. The molecule has 0 aliphatic heterocycles. The van der Waals surface area contributed by atoms with Gasteiger partial charge in [-0.1, -0.05) is 48.5 Å². The minimum Gasteiger partial charge on any atom is -0.508 e. The first-order valence-electron chi connectivity index (χ1n) is 11.4. The molecule has 1 heterocycles. The van der Waals surface area contributed by atoms with Crippen molar-refractivity contribution in [1.29, 1.82) is 0 Å². The SMILES string of the molecule is Oc1ccccc1Cc1cnc(C23CC4CC(CC(C4)C2)C3)nc1-c1ccccc1.